The number of carbonyl (C=O) groups is 1. The highest BCUT2D eigenvalue weighted by atomic mass is 35.5. The van der Waals surface area contributed by atoms with Crippen LogP contribution < -0.4 is 20.1 Å². The summed E-state index contributed by atoms with van der Waals surface area (Å²) in [6.45, 7) is 3.46. The van der Waals surface area contributed by atoms with Gasteiger partial charge in [0.25, 0.3) is 5.91 Å². The number of aliphatic hydroxyl groups is 1. The van der Waals surface area contributed by atoms with Gasteiger partial charge < -0.3 is 25.2 Å². The highest BCUT2D eigenvalue weighted by Gasteiger charge is 2.31. The number of amides is 1. The van der Waals surface area contributed by atoms with Crippen molar-refractivity contribution in [3.8, 4) is 11.5 Å². The number of benzene rings is 2. The quantitative estimate of drug-likeness (QED) is 0.305. The van der Waals surface area contributed by atoms with Crippen LogP contribution in [0, 0.1) is 0 Å². The summed E-state index contributed by atoms with van der Waals surface area (Å²) in [5, 5.41) is 21.4. The van der Waals surface area contributed by atoms with E-state index in [4.69, 9.17) is 21.4 Å². The number of nitrogens with one attached hydrogen (secondary N) is 3. The molecule has 1 amide bonds. The average Bonchev–Trinajstić information content (AvgIpc) is 3.23. The number of nitrogens with zero attached hydrogens (tertiary/aromatic N) is 2. The minimum Gasteiger partial charge on any atom is -0.490 e. The fourth-order valence-electron chi connectivity index (χ4n) is 2.80. The maximum atomic E-state index is 12.5. The van der Waals surface area contributed by atoms with Crippen molar-refractivity contribution >= 4 is 41.4 Å². The lowest BCUT2D eigenvalue weighted by Gasteiger charge is -2.12. The summed E-state index contributed by atoms with van der Waals surface area (Å²) in [5.74, 6) is -0.290. The van der Waals surface area contributed by atoms with Gasteiger partial charge in [0.1, 0.15) is 18.1 Å². The third kappa shape index (κ3) is 6.86. The Hall–Kier alpha value is -3.77. The molecule has 1 heterocycles. The van der Waals surface area contributed by atoms with E-state index in [1.807, 2.05) is 0 Å². The number of aromatic nitrogens is 2. The van der Waals surface area contributed by atoms with Crippen LogP contribution in [0.5, 0.6) is 11.5 Å². The number of anilines is 2. The van der Waals surface area contributed by atoms with Crippen LogP contribution in [0.2, 0.25) is 5.02 Å². The van der Waals surface area contributed by atoms with Crippen molar-refractivity contribution in [3.05, 3.63) is 58.7 Å². The number of ether oxygens (including phenoxy) is 2. The molecule has 0 spiro atoms. The van der Waals surface area contributed by atoms with Gasteiger partial charge in [0, 0.05) is 17.7 Å². The molecule has 0 bridgehead atoms. The number of hydrogen-bond acceptors (Lipinski definition) is 7. The first-order valence-electron chi connectivity index (χ1n) is 9.67. The van der Waals surface area contributed by atoms with Crippen molar-refractivity contribution in [3.63, 3.8) is 0 Å². The minimum absolute atomic E-state index is 0.0746. The van der Waals surface area contributed by atoms with Crippen molar-refractivity contribution in [2.75, 3.05) is 23.8 Å². The standard InChI is InChI=1S/C21H19ClF3N5O4/c1-26-17-10-14(34-21(23,24)25)3-4-16(17)27-11-13-9-19(30-29-13)28-20(32)12-2-5-18(15(22)8-12)33-7-6-31/h2-5,8-10,27,31H,1,6-7,11H2,(H2,28,29,30,32). The largest absolute Gasteiger partial charge is 0.573 e. The third-order valence-electron chi connectivity index (χ3n) is 4.26. The van der Waals surface area contributed by atoms with E-state index in [9.17, 15) is 18.0 Å². The second-order valence-corrected chi connectivity index (χ2v) is 7.10. The molecule has 4 N–H and O–H groups in total. The number of rotatable bonds is 10. The van der Waals surface area contributed by atoms with Gasteiger partial charge in [-0.15, -0.1) is 13.2 Å². The second kappa shape index (κ2) is 10.9. The Kier molecular flexibility index (Phi) is 7.97. The molecule has 0 saturated carbocycles. The molecule has 9 nitrogen and oxygen atoms in total. The van der Waals surface area contributed by atoms with Crippen molar-refractivity contribution in [1.82, 2.24) is 10.2 Å². The lowest BCUT2D eigenvalue weighted by molar-refractivity contribution is -0.274. The Morgan fingerprint density at radius 1 is 1.24 bits per heavy atom. The number of halogens is 4. The molecule has 3 aromatic rings. The molecule has 0 aliphatic rings. The molecule has 1 aromatic heterocycles. The van der Waals surface area contributed by atoms with Crippen LogP contribution in [0.3, 0.4) is 0 Å². The molecule has 2 aromatic carbocycles. The van der Waals surface area contributed by atoms with Gasteiger partial charge in [-0.1, -0.05) is 11.6 Å². The maximum absolute atomic E-state index is 12.5. The summed E-state index contributed by atoms with van der Waals surface area (Å²) in [5.41, 5.74) is 1.43. The summed E-state index contributed by atoms with van der Waals surface area (Å²) in [6, 6.07) is 9.66. The zero-order valence-electron chi connectivity index (χ0n) is 17.4. The van der Waals surface area contributed by atoms with Gasteiger partial charge in [-0.2, -0.15) is 5.10 Å². The summed E-state index contributed by atoms with van der Waals surface area (Å²) in [4.78, 5) is 16.2. The van der Waals surface area contributed by atoms with Gasteiger partial charge in [-0.05, 0) is 37.0 Å². The van der Waals surface area contributed by atoms with E-state index in [1.165, 1.54) is 24.3 Å². The average molecular weight is 498 g/mol. The van der Waals surface area contributed by atoms with E-state index in [0.717, 1.165) is 12.1 Å². The molecule has 0 fully saturated rings. The van der Waals surface area contributed by atoms with Gasteiger partial charge in [0.2, 0.25) is 0 Å². The molecule has 0 aliphatic carbocycles. The number of aliphatic hydroxyl groups excluding tert-OH is 1. The number of carbonyl (C=O) groups excluding carboxylic acids is 1. The molecule has 0 radical (unpaired) electrons. The molecule has 0 aliphatic heterocycles. The van der Waals surface area contributed by atoms with Crippen LogP contribution in [-0.2, 0) is 6.54 Å². The van der Waals surface area contributed by atoms with E-state index in [-0.39, 0.29) is 41.8 Å². The van der Waals surface area contributed by atoms with Crippen molar-refractivity contribution in [2.45, 2.75) is 12.9 Å². The highest BCUT2D eigenvalue weighted by molar-refractivity contribution is 6.32. The fourth-order valence-corrected chi connectivity index (χ4v) is 3.03. The van der Waals surface area contributed by atoms with Gasteiger partial charge in [-0.25, -0.2) is 0 Å². The van der Waals surface area contributed by atoms with Gasteiger partial charge >= 0.3 is 6.36 Å². The number of aliphatic imine (C=N–C) groups is 1. The number of aromatic amines is 1. The smallest absolute Gasteiger partial charge is 0.490 e. The third-order valence-corrected chi connectivity index (χ3v) is 4.55. The summed E-state index contributed by atoms with van der Waals surface area (Å²) >= 11 is 6.09. The lowest BCUT2D eigenvalue weighted by atomic mass is 10.2. The Morgan fingerprint density at radius 3 is 2.71 bits per heavy atom. The topological polar surface area (TPSA) is 121 Å². The summed E-state index contributed by atoms with van der Waals surface area (Å²) in [6.07, 6.45) is -4.81. The van der Waals surface area contributed by atoms with Crippen molar-refractivity contribution < 1.29 is 32.5 Å². The zero-order valence-corrected chi connectivity index (χ0v) is 18.2. The summed E-state index contributed by atoms with van der Waals surface area (Å²) in [7, 11) is 0. The van der Waals surface area contributed by atoms with Crippen LogP contribution in [0.4, 0.5) is 30.4 Å². The van der Waals surface area contributed by atoms with Crippen LogP contribution in [0.15, 0.2) is 47.5 Å². The molecule has 0 atom stereocenters. The zero-order chi connectivity index (χ0) is 24.7. The van der Waals surface area contributed by atoms with Gasteiger partial charge in [0.15, 0.2) is 5.82 Å². The SMILES string of the molecule is C=Nc1cc(OC(F)(F)F)ccc1NCc1cc(NC(=O)c2ccc(OCCO)c(Cl)c2)n[nH]1. The van der Waals surface area contributed by atoms with Crippen LogP contribution in [-0.4, -0.2) is 47.5 Å². The number of hydrogen-bond donors (Lipinski definition) is 4. The number of H-pyrrole nitrogens is 1. The van der Waals surface area contributed by atoms with E-state index < -0.39 is 18.0 Å². The van der Waals surface area contributed by atoms with E-state index in [1.54, 1.807) is 6.07 Å². The van der Waals surface area contributed by atoms with E-state index >= 15 is 0 Å². The van der Waals surface area contributed by atoms with Crippen molar-refractivity contribution in [2.24, 2.45) is 4.99 Å². The van der Waals surface area contributed by atoms with E-state index in [2.05, 4.69) is 37.3 Å². The van der Waals surface area contributed by atoms with Gasteiger partial charge in [-0.3, -0.25) is 14.9 Å². The predicted molar refractivity (Wildman–Crippen MR) is 120 cm³/mol. The molecule has 0 saturated heterocycles. The molecular weight excluding hydrogens is 479 g/mol. The highest BCUT2D eigenvalue weighted by Crippen LogP contribution is 2.32. The normalized spacial score (nSPS) is 11.1. The van der Waals surface area contributed by atoms with Crippen LogP contribution >= 0.6 is 11.6 Å². The molecule has 0 unspecified atom stereocenters. The fraction of sp³-hybridized carbons (Fsp3) is 0.190. The Bertz CT molecular complexity index is 1170. The lowest BCUT2D eigenvalue weighted by Crippen LogP contribution is -2.17. The monoisotopic (exact) mass is 497 g/mol. The van der Waals surface area contributed by atoms with Crippen LogP contribution in [0.1, 0.15) is 16.1 Å². The predicted octanol–water partition coefficient (Wildman–Crippen LogP) is 4.53. The minimum atomic E-state index is -4.81. The maximum Gasteiger partial charge on any atom is 0.573 e. The summed E-state index contributed by atoms with van der Waals surface area (Å²) < 4.78 is 46.3. The van der Waals surface area contributed by atoms with E-state index in [0.29, 0.717) is 17.1 Å². The van der Waals surface area contributed by atoms with Crippen molar-refractivity contribution in [1.29, 1.82) is 0 Å². The number of alkyl halides is 3. The molecule has 13 heteroatoms. The molecule has 34 heavy (non-hydrogen) atoms. The van der Waals surface area contributed by atoms with Gasteiger partial charge in [0.05, 0.1) is 35.2 Å². The van der Waals surface area contributed by atoms with Crippen LogP contribution in [0.25, 0.3) is 0 Å². The Balaban J connectivity index is 1.60. The molecular formula is C21H19ClF3N5O4. The first-order chi connectivity index (χ1) is 16.2. The Labute approximate surface area is 196 Å². The molecule has 3 rings (SSSR count). The second-order valence-electron chi connectivity index (χ2n) is 6.69. The Morgan fingerprint density at radius 2 is 2.03 bits per heavy atom. The molecule has 180 valence electrons. The first kappa shape index (κ1) is 24.9. The first-order valence-corrected chi connectivity index (χ1v) is 10.1.